The Labute approximate surface area is 103 Å². The van der Waals surface area contributed by atoms with E-state index in [1.54, 1.807) is 25.1 Å². The van der Waals surface area contributed by atoms with Crippen LogP contribution in [0.5, 0.6) is 0 Å². The molecule has 1 heterocycles. The summed E-state index contributed by atoms with van der Waals surface area (Å²) in [6, 6.07) is 7.26. The summed E-state index contributed by atoms with van der Waals surface area (Å²) in [5.74, 6) is 1.04. The maximum Gasteiger partial charge on any atom is 0.223 e. The van der Waals surface area contributed by atoms with Gasteiger partial charge in [-0.25, -0.2) is 0 Å². The first-order valence-electron chi connectivity index (χ1n) is 4.92. The highest BCUT2D eigenvalue weighted by atomic mass is 35.5. The first kappa shape index (κ1) is 11.4. The van der Waals surface area contributed by atoms with Gasteiger partial charge in [-0.15, -0.1) is 0 Å². The SMILES string of the molecule is Cc1nc(CNc2cccc(Cl)c2C#N)no1. The monoisotopic (exact) mass is 248 g/mol. The average molecular weight is 249 g/mol. The second-order valence-corrected chi connectivity index (χ2v) is 3.76. The van der Waals surface area contributed by atoms with Crippen molar-refractivity contribution >= 4 is 17.3 Å². The second-order valence-electron chi connectivity index (χ2n) is 3.36. The van der Waals surface area contributed by atoms with E-state index in [2.05, 4.69) is 15.5 Å². The van der Waals surface area contributed by atoms with E-state index in [1.165, 1.54) is 0 Å². The summed E-state index contributed by atoms with van der Waals surface area (Å²) in [5, 5.41) is 16.2. The van der Waals surface area contributed by atoms with Gasteiger partial charge in [-0.3, -0.25) is 0 Å². The van der Waals surface area contributed by atoms with Crippen molar-refractivity contribution in [1.29, 1.82) is 5.26 Å². The topological polar surface area (TPSA) is 74.7 Å². The van der Waals surface area contributed by atoms with Gasteiger partial charge in [0.1, 0.15) is 6.07 Å². The van der Waals surface area contributed by atoms with E-state index in [0.29, 0.717) is 34.5 Å². The van der Waals surface area contributed by atoms with Crippen LogP contribution in [0.3, 0.4) is 0 Å². The Morgan fingerprint density at radius 2 is 2.35 bits per heavy atom. The molecule has 0 radical (unpaired) electrons. The average Bonchev–Trinajstić information content (AvgIpc) is 2.72. The number of nitrogens with one attached hydrogen (secondary N) is 1. The molecule has 0 saturated heterocycles. The number of hydrogen-bond donors (Lipinski definition) is 1. The summed E-state index contributed by atoms with van der Waals surface area (Å²) in [6.07, 6.45) is 0. The van der Waals surface area contributed by atoms with Crippen LogP contribution in [0.2, 0.25) is 5.02 Å². The Bertz CT molecular complexity index is 573. The Hall–Kier alpha value is -2.06. The van der Waals surface area contributed by atoms with Gasteiger partial charge < -0.3 is 9.84 Å². The molecule has 2 rings (SSSR count). The van der Waals surface area contributed by atoms with Crippen LogP contribution < -0.4 is 5.32 Å². The zero-order valence-corrected chi connectivity index (χ0v) is 9.82. The minimum atomic E-state index is 0.381. The minimum Gasteiger partial charge on any atom is -0.376 e. The van der Waals surface area contributed by atoms with Crippen LogP contribution in [-0.2, 0) is 6.54 Å². The second kappa shape index (κ2) is 4.85. The number of anilines is 1. The van der Waals surface area contributed by atoms with Gasteiger partial charge in [0.25, 0.3) is 0 Å². The molecule has 5 nitrogen and oxygen atoms in total. The molecular formula is C11H9ClN4O. The third-order valence-electron chi connectivity index (χ3n) is 2.13. The third-order valence-corrected chi connectivity index (χ3v) is 2.45. The maximum atomic E-state index is 8.98. The highest BCUT2D eigenvalue weighted by molar-refractivity contribution is 6.32. The molecule has 2 aromatic rings. The van der Waals surface area contributed by atoms with Crippen molar-refractivity contribution in [3.8, 4) is 6.07 Å². The molecule has 0 spiro atoms. The molecule has 0 amide bonds. The predicted octanol–water partition coefficient (Wildman–Crippen LogP) is 2.52. The van der Waals surface area contributed by atoms with Crippen LogP contribution in [0.1, 0.15) is 17.3 Å². The van der Waals surface area contributed by atoms with Crippen molar-refractivity contribution in [1.82, 2.24) is 10.1 Å². The van der Waals surface area contributed by atoms with Gasteiger partial charge >= 0.3 is 0 Å². The van der Waals surface area contributed by atoms with Crippen molar-refractivity contribution in [3.05, 3.63) is 40.5 Å². The molecule has 0 aliphatic carbocycles. The number of hydrogen-bond acceptors (Lipinski definition) is 5. The lowest BCUT2D eigenvalue weighted by Gasteiger charge is -2.06. The van der Waals surface area contributed by atoms with Crippen LogP contribution in [0.15, 0.2) is 22.7 Å². The summed E-state index contributed by atoms with van der Waals surface area (Å²) >= 11 is 5.90. The van der Waals surface area contributed by atoms with Gasteiger partial charge in [0, 0.05) is 6.92 Å². The van der Waals surface area contributed by atoms with Gasteiger partial charge in [0.2, 0.25) is 5.89 Å². The van der Waals surface area contributed by atoms with Crippen molar-refractivity contribution in [2.24, 2.45) is 0 Å². The van der Waals surface area contributed by atoms with E-state index < -0.39 is 0 Å². The molecule has 0 bridgehead atoms. The first-order valence-corrected chi connectivity index (χ1v) is 5.30. The molecular weight excluding hydrogens is 240 g/mol. The van der Waals surface area contributed by atoms with Crippen LogP contribution in [0.25, 0.3) is 0 Å². The van der Waals surface area contributed by atoms with Gasteiger partial charge in [-0.05, 0) is 12.1 Å². The maximum absolute atomic E-state index is 8.98. The van der Waals surface area contributed by atoms with Crippen molar-refractivity contribution in [3.63, 3.8) is 0 Å². The van der Waals surface area contributed by atoms with E-state index in [4.69, 9.17) is 21.4 Å². The van der Waals surface area contributed by atoms with Crippen molar-refractivity contribution in [2.75, 3.05) is 5.32 Å². The molecule has 17 heavy (non-hydrogen) atoms. The summed E-state index contributed by atoms with van der Waals surface area (Å²) in [5.41, 5.74) is 1.07. The fourth-order valence-electron chi connectivity index (χ4n) is 1.37. The van der Waals surface area contributed by atoms with E-state index >= 15 is 0 Å². The molecule has 6 heteroatoms. The number of aromatic nitrogens is 2. The number of halogens is 1. The number of nitrogens with zero attached hydrogens (tertiary/aromatic N) is 3. The molecule has 1 aromatic carbocycles. The summed E-state index contributed by atoms with van der Waals surface area (Å²) in [7, 11) is 0. The van der Waals surface area contributed by atoms with Crippen molar-refractivity contribution in [2.45, 2.75) is 13.5 Å². The molecule has 1 aromatic heterocycles. The largest absolute Gasteiger partial charge is 0.376 e. The van der Waals surface area contributed by atoms with Crippen LogP contribution in [-0.4, -0.2) is 10.1 Å². The predicted molar refractivity (Wildman–Crippen MR) is 62.5 cm³/mol. The molecule has 0 aliphatic heterocycles. The highest BCUT2D eigenvalue weighted by Gasteiger charge is 2.07. The Balaban J connectivity index is 2.14. The lowest BCUT2D eigenvalue weighted by atomic mass is 10.2. The number of rotatable bonds is 3. The fourth-order valence-corrected chi connectivity index (χ4v) is 1.59. The normalized spacial score (nSPS) is 9.94. The molecule has 0 unspecified atom stereocenters. The van der Waals surface area contributed by atoms with Crippen LogP contribution in [0, 0.1) is 18.3 Å². The van der Waals surface area contributed by atoms with Gasteiger partial charge in [-0.1, -0.05) is 22.8 Å². The summed E-state index contributed by atoms with van der Waals surface area (Å²) in [6.45, 7) is 2.10. The Morgan fingerprint density at radius 1 is 1.53 bits per heavy atom. The molecule has 86 valence electrons. The standard InChI is InChI=1S/C11H9ClN4O/c1-7-15-11(16-17-7)6-14-10-4-2-3-9(12)8(10)5-13/h2-4,14H,6H2,1H3. The van der Waals surface area contributed by atoms with Gasteiger partial charge in [-0.2, -0.15) is 10.2 Å². The zero-order valence-electron chi connectivity index (χ0n) is 9.07. The van der Waals surface area contributed by atoms with E-state index in [-0.39, 0.29) is 0 Å². The zero-order chi connectivity index (χ0) is 12.3. The lowest BCUT2D eigenvalue weighted by Crippen LogP contribution is -2.03. The number of nitriles is 1. The van der Waals surface area contributed by atoms with E-state index in [1.807, 2.05) is 6.07 Å². The van der Waals surface area contributed by atoms with Crippen molar-refractivity contribution < 1.29 is 4.52 Å². The molecule has 1 N–H and O–H groups in total. The molecule has 0 fully saturated rings. The quantitative estimate of drug-likeness (QED) is 0.903. The number of benzene rings is 1. The third kappa shape index (κ3) is 2.55. The van der Waals surface area contributed by atoms with Crippen LogP contribution >= 0.6 is 11.6 Å². The Kier molecular flexibility index (Phi) is 3.26. The van der Waals surface area contributed by atoms with E-state index in [0.717, 1.165) is 0 Å². The fraction of sp³-hybridized carbons (Fsp3) is 0.182. The summed E-state index contributed by atoms with van der Waals surface area (Å²) in [4.78, 5) is 4.05. The first-order chi connectivity index (χ1) is 8.20. The minimum absolute atomic E-state index is 0.381. The summed E-state index contributed by atoms with van der Waals surface area (Å²) < 4.78 is 4.84. The van der Waals surface area contributed by atoms with Gasteiger partial charge in [0.05, 0.1) is 22.8 Å². The molecule has 0 aliphatic rings. The van der Waals surface area contributed by atoms with Gasteiger partial charge in [0.15, 0.2) is 5.82 Å². The molecule has 0 atom stereocenters. The molecule has 0 saturated carbocycles. The van der Waals surface area contributed by atoms with Crippen LogP contribution in [0.4, 0.5) is 5.69 Å². The Morgan fingerprint density at radius 3 is 3.00 bits per heavy atom. The highest BCUT2D eigenvalue weighted by Crippen LogP contribution is 2.23. The van der Waals surface area contributed by atoms with E-state index in [9.17, 15) is 0 Å². The smallest absolute Gasteiger partial charge is 0.223 e. The lowest BCUT2D eigenvalue weighted by molar-refractivity contribution is 0.388. The number of aryl methyl sites for hydroxylation is 1.